The highest BCUT2D eigenvalue weighted by molar-refractivity contribution is 9.10. The van der Waals surface area contributed by atoms with Crippen LogP contribution in [0, 0.1) is 0 Å². The molecule has 6 heteroatoms. The van der Waals surface area contributed by atoms with Crippen molar-refractivity contribution in [2.45, 2.75) is 38.1 Å². The van der Waals surface area contributed by atoms with Gasteiger partial charge in [0, 0.05) is 24.8 Å². The number of carbonyl (C=O) groups excluding carboxylic acids is 1. The number of rotatable bonds is 6. The first-order valence-electron chi connectivity index (χ1n) is 8.33. The van der Waals surface area contributed by atoms with E-state index in [-0.39, 0.29) is 11.9 Å². The van der Waals surface area contributed by atoms with Gasteiger partial charge in [-0.25, -0.2) is 0 Å². The van der Waals surface area contributed by atoms with Crippen LogP contribution in [0.2, 0.25) is 0 Å². The molecule has 0 aliphatic heterocycles. The van der Waals surface area contributed by atoms with E-state index in [0.29, 0.717) is 34.8 Å². The third-order valence-electron chi connectivity index (χ3n) is 4.32. The molecule has 0 saturated heterocycles. The van der Waals surface area contributed by atoms with Gasteiger partial charge in [-0.15, -0.1) is 0 Å². The summed E-state index contributed by atoms with van der Waals surface area (Å²) in [5.41, 5.74) is 1.19. The van der Waals surface area contributed by atoms with Gasteiger partial charge >= 0.3 is 0 Å². The summed E-state index contributed by atoms with van der Waals surface area (Å²) in [5.74, 6) is 0.556. The van der Waals surface area contributed by atoms with Gasteiger partial charge in [0.25, 0.3) is 5.91 Å². The molecule has 2 aromatic rings. The van der Waals surface area contributed by atoms with Crippen LogP contribution < -0.4 is 10.1 Å². The number of furan rings is 1. The Balaban J connectivity index is 1.82. The number of halogens is 1. The molecule has 0 radical (unpaired) electrons. The first-order valence-corrected chi connectivity index (χ1v) is 9.12. The van der Waals surface area contributed by atoms with E-state index in [1.165, 1.54) is 19.3 Å². The quantitative estimate of drug-likeness (QED) is 0.741. The van der Waals surface area contributed by atoms with Crippen LogP contribution >= 0.6 is 15.9 Å². The minimum absolute atomic E-state index is 0.0760. The van der Waals surface area contributed by atoms with Crippen LogP contribution in [0.5, 0.6) is 5.75 Å². The first-order chi connectivity index (χ1) is 11.7. The lowest BCUT2D eigenvalue weighted by molar-refractivity contribution is 0.0927. The van der Waals surface area contributed by atoms with Gasteiger partial charge in [0.05, 0.1) is 12.0 Å². The largest absolute Gasteiger partial charge is 0.490 e. The molecule has 1 aliphatic carbocycles. The van der Waals surface area contributed by atoms with Crippen molar-refractivity contribution in [3.8, 4) is 5.75 Å². The van der Waals surface area contributed by atoms with E-state index in [1.54, 1.807) is 19.2 Å². The SMILES string of the molecule is COCCOc1cc(C(=O)NC2CCCCC2)cc2oc(Br)cc12. The van der Waals surface area contributed by atoms with E-state index in [0.717, 1.165) is 18.2 Å². The van der Waals surface area contributed by atoms with Gasteiger partial charge in [-0.3, -0.25) is 4.79 Å². The molecule has 5 nitrogen and oxygen atoms in total. The van der Waals surface area contributed by atoms with Crippen LogP contribution in [0.1, 0.15) is 42.5 Å². The minimum Gasteiger partial charge on any atom is -0.490 e. The maximum Gasteiger partial charge on any atom is 0.251 e. The summed E-state index contributed by atoms with van der Waals surface area (Å²) in [5, 5.41) is 3.97. The predicted octanol–water partition coefficient (Wildman–Crippen LogP) is 4.28. The zero-order valence-corrected chi connectivity index (χ0v) is 15.4. The number of nitrogens with one attached hydrogen (secondary N) is 1. The molecule has 1 N–H and O–H groups in total. The molecule has 0 spiro atoms. The number of hydrogen-bond donors (Lipinski definition) is 1. The molecule has 24 heavy (non-hydrogen) atoms. The summed E-state index contributed by atoms with van der Waals surface area (Å²) in [6.07, 6.45) is 5.73. The summed E-state index contributed by atoms with van der Waals surface area (Å²) >= 11 is 3.33. The molecular formula is C18H22BrNO4. The summed E-state index contributed by atoms with van der Waals surface area (Å²) in [4.78, 5) is 12.6. The van der Waals surface area contributed by atoms with Crippen molar-refractivity contribution in [1.29, 1.82) is 0 Å². The maximum atomic E-state index is 12.6. The molecule has 1 aromatic carbocycles. The van der Waals surface area contributed by atoms with E-state index < -0.39 is 0 Å². The number of amides is 1. The van der Waals surface area contributed by atoms with Crippen molar-refractivity contribution in [2.24, 2.45) is 0 Å². The predicted molar refractivity (Wildman–Crippen MR) is 95.6 cm³/mol. The first kappa shape index (κ1) is 17.3. The monoisotopic (exact) mass is 395 g/mol. The van der Waals surface area contributed by atoms with Gasteiger partial charge in [-0.1, -0.05) is 19.3 Å². The van der Waals surface area contributed by atoms with Crippen LogP contribution in [-0.2, 0) is 4.74 Å². The number of fused-ring (bicyclic) bond motifs is 1. The molecule has 0 atom stereocenters. The van der Waals surface area contributed by atoms with E-state index in [2.05, 4.69) is 21.2 Å². The van der Waals surface area contributed by atoms with E-state index in [1.807, 2.05) is 6.07 Å². The maximum absolute atomic E-state index is 12.6. The van der Waals surface area contributed by atoms with Crippen molar-refractivity contribution in [3.05, 3.63) is 28.4 Å². The number of carbonyl (C=O) groups is 1. The van der Waals surface area contributed by atoms with Crippen molar-refractivity contribution < 1.29 is 18.7 Å². The Morgan fingerprint density at radius 1 is 1.25 bits per heavy atom. The highest BCUT2D eigenvalue weighted by atomic mass is 79.9. The second kappa shape index (κ2) is 8.03. The molecule has 1 saturated carbocycles. The normalized spacial score (nSPS) is 15.6. The molecule has 130 valence electrons. The number of benzene rings is 1. The number of hydrogen-bond acceptors (Lipinski definition) is 4. The number of methoxy groups -OCH3 is 1. The van der Waals surface area contributed by atoms with E-state index >= 15 is 0 Å². The molecule has 3 rings (SSSR count). The van der Waals surface area contributed by atoms with Gasteiger partial charge in [0.1, 0.15) is 17.9 Å². The molecule has 0 bridgehead atoms. The Morgan fingerprint density at radius 3 is 2.79 bits per heavy atom. The van der Waals surface area contributed by atoms with Gasteiger partial charge in [0.15, 0.2) is 4.67 Å². The fourth-order valence-electron chi connectivity index (χ4n) is 3.08. The van der Waals surface area contributed by atoms with Gasteiger partial charge in [0.2, 0.25) is 0 Å². The molecule has 1 fully saturated rings. The van der Waals surface area contributed by atoms with Crippen molar-refractivity contribution >= 4 is 32.8 Å². The summed E-state index contributed by atoms with van der Waals surface area (Å²) in [6, 6.07) is 5.66. The highest BCUT2D eigenvalue weighted by Gasteiger charge is 2.19. The summed E-state index contributed by atoms with van der Waals surface area (Å²) in [7, 11) is 1.63. The van der Waals surface area contributed by atoms with Crippen LogP contribution in [0.15, 0.2) is 27.3 Å². The standard InChI is InChI=1S/C18H22BrNO4/c1-22-7-8-23-15-9-12(10-16-14(15)11-17(19)24-16)18(21)20-13-5-3-2-4-6-13/h9-11,13H,2-8H2,1H3,(H,20,21). The lowest BCUT2D eigenvalue weighted by atomic mass is 9.95. The van der Waals surface area contributed by atoms with Crippen LogP contribution in [0.3, 0.4) is 0 Å². The van der Waals surface area contributed by atoms with Crippen molar-refractivity contribution in [2.75, 3.05) is 20.3 Å². The molecule has 1 heterocycles. The Bertz CT molecular complexity index is 706. The van der Waals surface area contributed by atoms with E-state index in [4.69, 9.17) is 13.9 Å². The highest BCUT2D eigenvalue weighted by Crippen LogP contribution is 2.33. The minimum atomic E-state index is -0.0760. The zero-order valence-electron chi connectivity index (χ0n) is 13.8. The lowest BCUT2D eigenvalue weighted by Crippen LogP contribution is -2.36. The molecule has 1 amide bonds. The Labute approximate surface area is 149 Å². The second-order valence-corrected chi connectivity index (χ2v) is 6.87. The molecular weight excluding hydrogens is 374 g/mol. The smallest absolute Gasteiger partial charge is 0.251 e. The van der Waals surface area contributed by atoms with Crippen LogP contribution in [0.4, 0.5) is 0 Å². The third-order valence-corrected chi connectivity index (χ3v) is 4.71. The Hall–Kier alpha value is -1.53. The van der Waals surface area contributed by atoms with Crippen molar-refractivity contribution in [3.63, 3.8) is 0 Å². The zero-order chi connectivity index (χ0) is 16.9. The summed E-state index contributed by atoms with van der Waals surface area (Å²) < 4.78 is 17.0. The molecule has 1 aromatic heterocycles. The second-order valence-electron chi connectivity index (χ2n) is 6.09. The lowest BCUT2D eigenvalue weighted by Gasteiger charge is -2.22. The average molecular weight is 396 g/mol. The fraction of sp³-hybridized carbons (Fsp3) is 0.500. The summed E-state index contributed by atoms with van der Waals surface area (Å²) in [6.45, 7) is 0.904. The molecule has 1 aliphatic rings. The Morgan fingerprint density at radius 2 is 2.04 bits per heavy atom. The fourth-order valence-corrected chi connectivity index (χ4v) is 3.48. The number of ether oxygens (including phenoxy) is 2. The van der Waals surface area contributed by atoms with Crippen LogP contribution in [0.25, 0.3) is 11.0 Å². The van der Waals surface area contributed by atoms with Crippen LogP contribution in [-0.4, -0.2) is 32.3 Å². The average Bonchev–Trinajstić information content (AvgIpc) is 2.96. The third kappa shape index (κ3) is 4.11. The molecule has 0 unspecified atom stereocenters. The van der Waals surface area contributed by atoms with Gasteiger partial charge < -0.3 is 19.2 Å². The van der Waals surface area contributed by atoms with E-state index in [9.17, 15) is 4.79 Å². The Kier molecular flexibility index (Phi) is 5.79. The van der Waals surface area contributed by atoms with Gasteiger partial charge in [-0.05, 0) is 40.9 Å². The van der Waals surface area contributed by atoms with Crippen molar-refractivity contribution in [1.82, 2.24) is 5.32 Å². The topological polar surface area (TPSA) is 60.7 Å². The van der Waals surface area contributed by atoms with Gasteiger partial charge in [-0.2, -0.15) is 0 Å².